The Morgan fingerprint density at radius 2 is 2.29 bits per heavy atom. The summed E-state index contributed by atoms with van der Waals surface area (Å²) < 4.78 is 6.00. The van der Waals surface area contributed by atoms with Crippen molar-refractivity contribution in [2.45, 2.75) is 6.04 Å². The van der Waals surface area contributed by atoms with Crippen LogP contribution in [0.2, 0.25) is 4.34 Å². The van der Waals surface area contributed by atoms with E-state index in [1.807, 2.05) is 18.2 Å². The number of ether oxygens (including phenoxy) is 1. The lowest BCUT2D eigenvalue weighted by atomic mass is 10.1. The van der Waals surface area contributed by atoms with Gasteiger partial charge in [-0.05, 0) is 18.2 Å². The van der Waals surface area contributed by atoms with Crippen molar-refractivity contribution in [3.8, 4) is 5.75 Å². The number of halogens is 1. The molecular formula is C11H12ClN3OS. The van der Waals surface area contributed by atoms with Gasteiger partial charge < -0.3 is 4.74 Å². The Balaban J connectivity index is 2.41. The second-order valence-electron chi connectivity index (χ2n) is 3.36. The summed E-state index contributed by atoms with van der Waals surface area (Å²) in [7, 11) is 1.61. The maximum absolute atomic E-state index is 5.93. The van der Waals surface area contributed by atoms with Crippen LogP contribution < -0.4 is 16.0 Å². The summed E-state index contributed by atoms with van der Waals surface area (Å²) in [4.78, 5) is 5.05. The number of nitrogens with one attached hydrogen (secondary N) is 1. The van der Waals surface area contributed by atoms with Gasteiger partial charge in [-0.2, -0.15) is 0 Å². The second-order valence-corrected chi connectivity index (χ2v) is 5.11. The highest BCUT2D eigenvalue weighted by atomic mass is 35.5. The Hall–Kier alpha value is -1.14. The Kier molecular flexibility index (Phi) is 3.96. The summed E-state index contributed by atoms with van der Waals surface area (Å²) in [6.45, 7) is 0. The van der Waals surface area contributed by atoms with Crippen LogP contribution in [0.25, 0.3) is 0 Å². The number of hydrogen-bond donors (Lipinski definition) is 2. The van der Waals surface area contributed by atoms with Crippen molar-refractivity contribution in [1.82, 2.24) is 10.4 Å². The van der Waals surface area contributed by atoms with Crippen LogP contribution in [0.15, 0.2) is 30.6 Å². The Labute approximate surface area is 108 Å². The fourth-order valence-corrected chi connectivity index (χ4v) is 2.75. The van der Waals surface area contributed by atoms with E-state index in [0.717, 1.165) is 14.8 Å². The highest BCUT2D eigenvalue weighted by Gasteiger charge is 2.18. The van der Waals surface area contributed by atoms with Gasteiger partial charge in [0.25, 0.3) is 0 Å². The minimum absolute atomic E-state index is 0.148. The molecule has 0 aliphatic heterocycles. The van der Waals surface area contributed by atoms with Crippen molar-refractivity contribution < 1.29 is 4.74 Å². The van der Waals surface area contributed by atoms with Crippen LogP contribution >= 0.6 is 22.9 Å². The first-order valence-electron chi connectivity index (χ1n) is 4.95. The Bertz CT molecular complexity index is 503. The first-order valence-corrected chi connectivity index (χ1v) is 6.15. The largest absolute Gasteiger partial charge is 0.495 e. The summed E-state index contributed by atoms with van der Waals surface area (Å²) in [5, 5.41) is 0. The number of hydrazine groups is 1. The van der Waals surface area contributed by atoms with E-state index in [0.29, 0.717) is 5.75 Å². The number of aromatic nitrogens is 1. The molecule has 2 heterocycles. The quantitative estimate of drug-likeness (QED) is 0.661. The molecule has 0 saturated heterocycles. The van der Waals surface area contributed by atoms with E-state index in [-0.39, 0.29) is 6.04 Å². The monoisotopic (exact) mass is 269 g/mol. The van der Waals surface area contributed by atoms with E-state index < -0.39 is 0 Å². The SMILES string of the molecule is COc1cnccc1C(NN)c1ccc(Cl)s1. The third kappa shape index (κ3) is 2.58. The van der Waals surface area contributed by atoms with Gasteiger partial charge in [-0.1, -0.05) is 11.6 Å². The average molecular weight is 270 g/mol. The highest BCUT2D eigenvalue weighted by molar-refractivity contribution is 7.16. The third-order valence-corrected chi connectivity index (χ3v) is 3.69. The second kappa shape index (κ2) is 5.46. The van der Waals surface area contributed by atoms with Crippen LogP contribution in [0, 0.1) is 0 Å². The number of rotatable bonds is 4. The van der Waals surface area contributed by atoms with Crippen LogP contribution in [0.3, 0.4) is 0 Å². The van der Waals surface area contributed by atoms with Gasteiger partial charge in [-0.3, -0.25) is 10.8 Å². The molecular weight excluding hydrogens is 258 g/mol. The molecule has 2 aromatic heterocycles. The van der Waals surface area contributed by atoms with Crippen LogP contribution in [-0.2, 0) is 0 Å². The Morgan fingerprint density at radius 1 is 1.47 bits per heavy atom. The molecule has 3 N–H and O–H groups in total. The molecule has 0 fully saturated rings. The van der Waals surface area contributed by atoms with Gasteiger partial charge in [0, 0.05) is 16.6 Å². The average Bonchev–Trinajstić information content (AvgIpc) is 2.77. The molecule has 17 heavy (non-hydrogen) atoms. The molecule has 0 amide bonds. The smallest absolute Gasteiger partial charge is 0.142 e. The predicted molar refractivity (Wildman–Crippen MR) is 69.3 cm³/mol. The van der Waals surface area contributed by atoms with E-state index in [1.54, 1.807) is 19.5 Å². The lowest BCUT2D eigenvalue weighted by molar-refractivity contribution is 0.402. The van der Waals surface area contributed by atoms with E-state index in [9.17, 15) is 0 Å². The van der Waals surface area contributed by atoms with Crippen molar-refractivity contribution in [3.05, 3.63) is 45.4 Å². The third-order valence-electron chi connectivity index (χ3n) is 2.39. The zero-order valence-corrected chi connectivity index (χ0v) is 10.8. The molecule has 4 nitrogen and oxygen atoms in total. The molecule has 2 rings (SSSR count). The number of methoxy groups -OCH3 is 1. The van der Waals surface area contributed by atoms with Crippen molar-refractivity contribution >= 4 is 22.9 Å². The summed E-state index contributed by atoms with van der Waals surface area (Å²) in [5.74, 6) is 6.30. The van der Waals surface area contributed by atoms with Crippen molar-refractivity contribution in [1.29, 1.82) is 0 Å². The summed E-state index contributed by atoms with van der Waals surface area (Å²) in [6.07, 6.45) is 3.37. The zero-order chi connectivity index (χ0) is 12.3. The summed E-state index contributed by atoms with van der Waals surface area (Å²) in [6, 6.07) is 5.51. The molecule has 1 unspecified atom stereocenters. The number of thiophene rings is 1. The Morgan fingerprint density at radius 3 is 2.88 bits per heavy atom. The molecule has 0 bridgehead atoms. The summed E-state index contributed by atoms with van der Waals surface area (Å²) >= 11 is 7.41. The number of hydrogen-bond acceptors (Lipinski definition) is 5. The van der Waals surface area contributed by atoms with Gasteiger partial charge in [-0.25, -0.2) is 5.43 Å². The molecule has 0 aliphatic carbocycles. The molecule has 6 heteroatoms. The molecule has 0 radical (unpaired) electrons. The van der Waals surface area contributed by atoms with Crippen LogP contribution in [-0.4, -0.2) is 12.1 Å². The minimum Gasteiger partial charge on any atom is -0.495 e. The van der Waals surface area contributed by atoms with Gasteiger partial charge in [0.2, 0.25) is 0 Å². The molecule has 2 aromatic rings. The van der Waals surface area contributed by atoms with Crippen LogP contribution in [0.4, 0.5) is 0 Å². The van der Waals surface area contributed by atoms with E-state index >= 15 is 0 Å². The lowest BCUT2D eigenvalue weighted by Gasteiger charge is -2.17. The van der Waals surface area contributed by atoms with Gasteiger partial charge in [0.15, 0.2) is 0 Å². The maximum atomic E-state index is 5.93. The van der Waals surface area contributed by atoms with Crippen LogP contribution in [0.5, 0.6) is 5.75 Å². The molecule has 0 spiro atoms. The molecule has 0 aliphatic rings. The van der Waals surface area contributed by atoms with Crippen molar-refractivity contribution in [2.24, 2.45) is 5.84 Å². The highest BCUT2D eigenvalue weighted by Crippen LogP contribution is 2.34. The topological polar surface area (TPSA) is 60.2 Å². The molecule has 90 valence electrons. The maximum Gasteiger partial charge on any atom is 0.142 e. The van der Waals surface area contributed by atoms with Crippen molar-refractivity contribution in [2.75, 3.05) is 7.11 Å². The van der Waals surface area contributed by atoms with Crippen LogP contribution in [0.1, 0.15) is 16.5 Å². The van der Waals surface area contributed by atoms with Gasteiger partial charge in [0.1, 0.15) is 5.75 Å². The van der Waals surface area contributed by atoms with E-state index in [4.69, 9.17) is 22.2 Å². The fraction of sp³-hybridized carbons (Fsp3) is 0.182. The number of pyridine rings is 1. The van der Waals surface area contributed by atoms with E-state index in [1.165, 1.54) is 11.3 Å². The number of nitrogens with zero attached hydrogens (tertiary/aromatic N) is 1. The molecule has 0 saturated carbocycles. The normalized spacial score (nSPS) is 12.4. The van der Waals surface area contributed by atoms with E-state index in [2.05, 4.69) is 10.4 Å². The van der Waals surface area contributed by atoms with Gasteiger partial charge >= 0.3 is 0 Å². The minimum atomic E-state index is -0.148. The van der Waals surface area contributed by atoms with Crippen molar-refractivity contribution in [3.63, 3.8) is 0 Å². The standard InChI is InChI=1S/C11H12ClN3OS/c1-16-8-6-14-5-4-7(8)11(15-13)9-2-3-10(12)17-9/h2-6,11,15H,13H2,1H3. The fourth-order valence-electron chi connectivity index (χ4n) is 1.61. The molecule has 0 aromatic carbocycles. The van der Waals surface area contributed by atoms with Gasteiger partial charge in [-0.15, -0.1) is 11.3 Å². The first-order chi connectivity index (χ1) is 8.26. The van der Waals surface area contributed by atoms with Gasteiger partial charge in [0.05, 0.1) is 23.7 Å². The molecule has 1 atom stereocenters. The lowest BCUT2D eigenvalue weighted by Crippen LogP contribution is -2.28. The zero-order valence-electron chi connectivity index (χ0n) is 9.18. The predicted octanol–water partition coefficient (Wildman–Crippen LogP) is 2.36. The summed E-state index contributed by atoms with van der Waals surface area (Å²) in [5.41, 5.74) is 3.70. The first kappa shape index (κ1) is 12.3. The number of nitrogens with two attached hydrogens (primary N) is 1.